The van der Waals surface area contributed by atoms with Gasteiger partial charge in [-0.05, 0) is 19.1 Å². The van der Waals surface area contributed by atoms with E-state index in [1.54, 1.807) is 0 Å². The summed E-state index contributed by atoms with van der Waals surface area (Å²) in [6, 6.07) is 12.4. The first-order valence-electron chi connectivity index (χ1n) is 8.07. The predicted octanol–water partition coefficient (Wildman–Crippen LogP) is 1.48. The highest BCUT2D eigenvalue weighted by Crippen LogP contribution is 2.21. The lowest BCUT2D eigenvalue weighted by molar-refractivity contribution is 0.135. The molecule has 0 unspecified atom stereocenters. The van der Waals surface area contributed by atoms with Crippen LogP contribution in [-0.2, 0) is 16.6 Å². The van der Waals surface area contributed by atoms with Crippen LogP contribution in [0.1, 0.15) is 12.6 Å². The van der Waals surface area contributed by atoms with E-state index in [9.17, 15) is 13.7 Å². The molecule has 1 aromatic carbocycles. The summed E-state index contributed by atoms with van der Waals surface area (Å²) in [5, 5.41) is 10.5. The highest BCUT2D eigenvalue weighted by Gasteiger charge is 2.26. The molecule has 0 spiro atoms. The van der Waals surface area contributed by atoms with Crippen molar-refractivity contribution >= 4 is 20.9 Å². The first-order chi connectivity index (χ1) is 11.4. The maximum absolute atomic E-state index is 11.6. The van der Waals surface area contributed by atoms with Gasteiger partial charge in [-0.2, -0.15) is 9.57 Å². The fraction of sp³-hybridized carbons (Fsp3) is 0.471. The molecule has 1 saturated heterocycles. The van der Waals surface area contributed by atoms with Crippen LogP contribution in [0.15, 0.2) is 30.3 Å². The van der Waals surface area contributed by atoms with Crippen LogP contribution in [0.5, 0.6) is 0 Å². The van der Waals surface area contributed by atoms with Crippen molar-refractivity contribution in [1.29, 1.82) is 5.26 Å². The maximum atomic E-state index is 11.6. The highest BCUT2D eigenvalue weighted by atomic mass is 32.2. The fourth-order valence-electron chi connectivity index (χ4n) is 3.36. The molecule has 3 rings (SSSR count). The van der Waals surface area contributed by atoms with E-state index in [0.29, 0.717) is 18.8 Å². The zero-order valence-corrected chi connectivity index (χ0v) is 14.8. The Balaban J connectivity index is 1.74. The van der Waals surface area contributed by atoms with Gasteiger partial charge in [-0.25, -0.2) is 8.42 Å². The van der Waals surface area contributed by atoms with Gasteiger partial charge in [-0.15, -0.1) is 0 Å². The Hall–Kier alpha value is -1.88. The van der Waals surface area contributed by atoms with Crippen molar-refractivity contribution in [2.75, 3.05) is 32.4 Å². The number of nitriles is 1. The number of aromatic nitrogens is 1. The fourth-order valence-corrected chi connectivity index (χ4v) is 4.18. The molecule has 0 amide bonds. The molecule has 6 nitrogen and oxygen atoms in total. The topological polar surface area (TPSA) is 69.3 Å². The summed E-state index contributed by atoms with van der Waals surface area (Å²) in [5.74, 6) is 0. The molecule has 0 N–H and O–H groups in total. The summed E-state index contributed by atoms with van der Waals surface area (Å²) >= 11 is 0. The lowest BCUT2D eigenvalue weighted by atomic mass is 10.2. The third-order valence-corrected chi connectivity index (χ3v) is 6.04. The number of para-hydroxylation sites is 1. The summed E-state index contributed by atoms with van der Waals surface area (Å²) in [6.45, 7) is 5.34. The molecule has 24 heavy (non-hydrogen) atoms. The van der Waals surface area contributed by atoms with Crippen molar-refractivity contribution in [3.05, 3.63) is 36.0 Å². The predicted molar refractivity (Wildman–Crippen MR) is 94.1 cm³/mol. The van der Waals surface area contributed by atoms with Crippen LogP contribution in [0.4, 0.5) is 0 Å². The monoisotopic (exact) mass is 346 g/mol. The van der Waals surface area contributed by atoms with Crippen LogP contribution in [0.3, 0.4) is 0 Å². The Bertz CT molecular complexity index is 874. The quantitative estimate of drug-likeness (QED) is 0.841. The van der Waals surface area contributed by atoms with Gasteiger partial charge in [0.1, 0.15) is 11.8 Å². The van der Waals surface area contributed by atoms with Crippen LogP contribution in [-0.4, -0.2) is 60.7 Å². The Morgan fingerprint density at radius 2 is 1.88 bits per heavy atom. The minimum Gasteiger partial charge on any atom is -0.331 e. The Kier molecular flexibility index (Phi) is 4.63. The molecule has 1 aliphatic heterocycles. The third-order valence-electron chi connectivity index (χ3n) is 4.74. The van der Waals surface area contributed by atoms with Crippen LogP contribution in [0.2, 0.25) is 0 Å². The summed E-state index contributed by atoms with van der Waals surface area (Å²) in [5.41, 5.74) is 1.73. The van der Waals surface area contributed by atoms with Crippen LogP contribution in [0, 0.1) is 11.3 Å². The van der Waals surface area contributed by atoms with Gasteiger partial charge in [0.05, 0.1) is 6.26 Å². The third kappa shape index (κ3) is 3.31. The van der Waals surface area contributed by atoms with E-state index in [1.165, 1.54) is 10.6 Å². The Morgan fingerprint density at radius 1 is 1.21 bits per heavy atom. The van der Waals surface area contributed by atoms with Gasteiger partial charge in [-0.3, -0.25) is 4.90 Å². The Labute approximate surface area is 142 Å². The van der Waals surface area contributed by atoms with Crippen molar-refractivity contribution in [3.63, 3.8) is 0 Å². The number of sulfonamides is 1. The van der Waals surface area contributed by atoms with Gasteiger partial charge < -0.3 is 4.57 Å². The van der Waals surface area contributed by atoms with Crippen molar-refractivity contribution in [1.82, 2.24) is 13.8 Å². The summed E-state index contributed by atoms with van der Waals surface area (Å²) in [6.07, 6.45) is 1.26. The number of rotatable bonds is 4. The molecule has 1 atom stereocenters. The summed E-state index contributed by atoms with van der Waals surface area (Å²) < 4.78 is 26.8. The van der Waals surface area contributed by atoms with E-state index in [4.69, 9.17) is 0 Å². The standard InChI is InChI=1S/C17H22N4O2S/c1-14(19-7-9-20(10-8-19)24(2,22)23)13-21-16(12-18)11-15-5-3-4-6-17(15)21/h3-6,11,14H,7-10,13H2,1-2H3/t14-/m0/s1. The second kappa shape index (κ2) is 6.55. The van der Waals surface area contributed by atoms with Gasteiger partial charge in [0.15, 0.2) is 0 Å². The molecule has 128 valence electrons. The number of hydrogen-bond donors (Lipinski definition) is 0. The summed E-state index contributed by atoms with van der Waals surface area (Å²) in [7, 11) is -3.11. The lowest BCUT2D eigenvalue weighted by Crippen LogP contribution is -2.51. The van der Waals surface area contributed by atoms with Crippen LogP contribution >= 0.6 is 0 Å². The molecule has 0 saturated carbocycles. The zero-order valence-electron chi connectivity index (χ0n) is 14.0. The molecule has 2 heterocycles. The maximum Gasteiger partial charge on any atom is 0.211 e. The van der Waals surface area contributed by atoms with E-state index < -0.39 is 10.0 Å². The van der Waals surface area contributed by atoms with Crippen LogP contribution in [0.25, 0.3) is 10.9 Å². The minimum atomic E-state index is -3.11. The van der Waals surface area contributed by atoms with Gasteiger partial charge in [-0.1, -0.05) is 18.2 Å². The second-order valence-corrected chi connectivity index (χ2v) is 8.34. The molecule has 1 fully saturated rings. The number of benzene rings is 1. The first kappa shape index (κ1) is 17.0. The largest absolute Gasteiger partial charge is 0.331 e. The van der Waals surface area contributed by atoms with Crippen molar-refractivity contribution in [2.24, 2.45) is 0 Å². The van der Waals surface area contributed by atoms with E-state index >= 15 is 0 Å². The minimum absolute atomic E-state index is 0.231. The SMILES string of the molecule is C[C@@H](Cn1c(C#N)cc2ccccc21)N1CCN(S(C)(=O)=O)CC1. The van der Waals surface area contributed by atoms with E-state index in [0.717, 1.165) is 30.5 Å². The lowest BCUT2D eigenvalue weighted by Gasteiger charge is -2.37. The normalized spacial score (nSPS) is 18.5. The highest BCUT2D eigenvalue weighted by molar-refractivity contribution is 7.88. The Morgan fingerprint density at radius 3 is 2.50 bits per heavy atom. The molecule has 0 radical (unpaired) electrons. The molecule has 7 heteroatoms. The number of piperazine rings is 1. The first-order valence-corrected chi connectivity index (χ1v) is 9.92. The van der Waals surface area contributed by atoms with E-state index in [1.807, 2.05) is 30.3 Å². The number of fused-ring (bicyclic) bond motifs is 1. The molecule has 0 aliphatic carbocycles. The van der Waals surface area contributed by atoms with Gasteiger partial charge in [0.2, 0.25) is 10.0 Å². The molecular formula is C17H22N4O2S. The second-order valence-electron chi connectivity index (χ2n) is 6.36. The average Bonchev–Trinajstić information content (AvgIpc) is 2.92. The van der Waals surface area contributed by atoms with Crippen molar-refractivity contribution in [3.8, 4) is 6.07 Å². The molecule has 1 aliphatic rings. The average molecular weight is 346 g/mol. The van der Waals surface area contributed by atoms with E-state index in [-0.39, 0.29) is 6.04 Å². The number of hydrogen-bond acceptors (Lipinski definition) is 4. The van der Waals surface area contributed by atoms with Crippen molar-refractivity contribution < 1.29 is 8.42 Å². The van der Waals surface area contributed by atoms with E-state index in [2.05, 4.69) is 22.5 Å². The van der Waals surface area contributed by atoms with Gasteiger partial charge in [0.25, 0.3) is 0 Å². The molecule has 2 aromatic rings. The molecular weight excluding hydrogens is 324 g/mol. The van der Waals surface area contributed by atoms with Gasteiger partial charge in [0, 0.05) is 49.7 Å². The van der Waals surface area contributed by atoms with Crippen molar-refractivity contribution in [2.45, 2.75) is 19.5 Å². The number of nitrogens with zero attached hydrogens (tertiary/aromatic N) is 4. The molecule has 1 aromatic heterocycles. The van der Waals surface area contributed by atoms with Gasteiger partial charge >= 0.3 is 0 Å². The molecule has 0 bridgehead atoms. The summed E-state index contributed by atoms with van der Waals surface area (Å²) in [4.78, 5) is 2.29. The smallest absolute Gasteiger partial charge is 0.211 e. The van der Waals surface area contributed by atoms with Crippen LogP contribution < -0.4 is 0 Å². The zero-order chi connectivity index (χ0) is 17.3.